The Bertz CT molecular complexity index is 1210. The molecule has 0 aliphatic heterocycles. The monoisotopic (exact) mass is 403 g/mol. The molecular formula is C23H21N3O2S. The Hall–Kier alpha value is -3.25. The molecule has 0 saturated carbocycles. The minimum absolute atomic E-state index is 0.202. The second kappa shape index (κ2) is 8.41. The highest BCUT2D eigenvalue weighted by Crippen LogP contribution is 2.18. The predicted octanol–water partition coefficient (Wildman–Crippen LogP) is 4.00. The highest BCUT2D eigenvalue weighted by molar-refractivity contribution is 7.11. The fourth-order valence-corrected chi connectivity index (χ4v) is 4.12. The van der Waals surface area contributed by atoms with Crippen LogP contribution in [0, 0.1) is 0 Å². The summed E-state index contributed by atoms with van der Waals surface area (Å²) in [6, 6.07) is 20.9. The van der Waals surface area contributed by atoms with E-state index < -0.39 is 0 Å². The fourth-order valence-electron chi connectivity index (χ4n) is 3.22. The van der Waals surface area contributed by atoms with Crippen molar-refractivity contribution < 1.29 is 4.79 Å². The summed E-state index contributed by atoms with van der Waals surface area (Å²) >= 11 is 1.69. The quantitative estimate of drug-likeness (QED) is 0.529. The molecule has 4 aromatic rings. The molecule has 0 radical (unpaired) electrons. The average Bonchev–Trinajstić information content (AvgIpc) is 3.23. The topological polar surface area (TPSA) is 64.0 Å². The van der Waals surface area contributed by atoms with E-state index in [1.54, 1.807) is 29.5 Å². The van der Waals surface area contributed by atoms with Gasteiger partial charge in [-0.15, -0.1) is 11.3 Å². The third-order valence-corrected chi connectivity index (χ3v) is 5.98. The Morgan fingerprint density at radius 2 is 1.66 bits per heavy atom. The minimum atomic E-state index is -0.283. The molecule has 0 fully saturated rings. The van der Waals surface area contributed by atoms with Crippen molar-refractivity contribution in [3.8, 4) is 0 Å². The Labute approximate surface area is 172 Å². The minimum Gasteiger partial charge on any atom is -0.346 e. The van der Waals surface area contributed by atoms with Crippen molar-refractivity contribution in [2.24, 2.45) is 0 Å². The first-order chi connectivity index (χ1) is 14.2. The second-order valence-electron chi connectivity index (χ2n) is 6.75. The van der Waals surface area contributed by atoms with Gasteiger partial charge in [0, 0.05) is 15.1 Å². The molecule has 2 aromatic heterocycles. The van der Waals surface area contributed by atoms with Crippen LogP contribution in [0.4, 0.5) is 0 Å². The van der Waals surface area contributed by atoms with Crippen LogP contribution in [0.15, 0.2) is 71.5 Å². The number of amides is 1. The molecule has 0 unspecified atom stereocenters. The van der Waals surface area contributed by atoms with Gasteiger partial charge in [-0.1, -0.05) is 55.5 Å². The van der Waals surface area contributed by atoms with Crippen molar-refractivity contribution in [1.29, 1.82) is 0 Å². The molecule has 0 bridgehead atoms. The first-order valence-corrected chi connectivity index (χ1v) is 10.4. The molecule has 4 rings (SSSR count). The fraction of sp³-hybridized carbons (Fsp3) is 0.174. The van der Waals surface area contributed by atoms with E-state index in [1.807, 2.05) is 42.5 Å². The number of hydrogen-bond acceptors (Lipinski definition) is 4. The van der Waals surface area contributed by atoms with E-state index in [2.05, 4.69) is 23.4 Å². The Morgan fingerprint density at radius 1 is 0.966 bits per heavy atom. The lowest BCUT2D eigenvalue weighted by Crippen LogP contribution is -2.30. The van der Waals surface area contributed by atoms with Crippen molar-refractivity contribution in [1.82, 2.24) is 15.1 Å². The standard InChI is InChI=1S/C23H21N3O2S/c1-2-17-12-13-18(29-17)14-24-22(27)21-19-10-6-7-11-20(19)23(28)26(25-21)15-16-8-4-3-5-9-16/h3-13H,2,14-15H2,1H3,(H,24,27). The van der Waals surface area contributed by atoms with E-state index in [0.717, 1.165) is 16.9 Å². The van der Waals surface area contributed by atoms with E-state index in [1.165, 1.54) is 9.56 Å². The summed E-state index contributed by atoms with van der Waals surface area (Å²) in [7, 11) is 0. The van der Waals surface area contributed by atoms with Gasteiger partial charge < -0.3 is 5.32 Å². The molecule has 29 heavy (non-hydrogen) atoms. The number of carbonyl (C=O) groups is 1. The maximum atomic E-state index is 12.9. The van der Waals surface area contributed by atoms with Gasteiger partial charge >= 0.3 is 0 Å². The van der Waals surface area contributed by atoms with Crippen LogP contribution in [0.2, 0.25) is 0 Å². The summed E-state index contributed by atoms with van der Waals surface area (Å²) in [6.45, 7) is 2.87. The number of nitrogens with zero attached hydrogens (tertiary/aromatic N) is 2. The van der Waals surface area contributed by atoms with Gasteiger partial charge in [-0.25, -0.2) is 4.68 Å². The number of thiophene rings is 1. The maximum Gasteiger partial charge on any atom is 0.274 e. The number of aryl methyl sites for hydroxylation is 1. The van der Waals surface area contributed by atoms with Gasteiger partial charge in [-0.2, -0.15) is 5.10 Å². The summed E-state index contributed by atoms with van der Waals surface area (Å²) < 4.78 is 1.37. The van der Waals surface area contributed by atoms with E-state index in [4.69, 9.17) is 0 Å². The van der Waals surface area contributed by atoms with Gasteiger partial charge in [-0.3, -0.25) is 9.59 Å². The SMILES string of the molecule is CCc1ccc(CNC(=O)c2nn(Cc3ccccc3)c(=O)c3ccccc23)s1. The lowest BCUT2D eigenvalue weighted by molar-refractivity contribution is 0.0946. The number of nitrogens with one attached hydrogen (secondary N) is 1. The largest absolute Gasteiger partial charge is 0.346 e. The molecule has 2 aromatic carbocycles. The molecule has 2 heterocycles. The van der Waals surface area contributed by atoms with Crippen molar-refractivity contribution in [3.63, 3.8) is 0 Å². The predicted molar refractivity (Wildman–Crippen MR) is 116 cm³/mol. The van der Waals surface area contributed by atoms with E-state index in [0.29, 0.717) is 23.9 Å². The molecular weight excluding hydrogens is 382 g/mol. The summed E-state index contributed by atoms with van der Waals surface area (Å²) in [5, 5.41) is 8.44. The molecule has 1 N–H and O–H groups in total. The van der Waals surface area contributed by atoms with Crippen LogP contribution in [0.1, 0.15) is 32.7 Å². The van der Waals surface area contributed by atoms with Crippen LogP contribution in [-0.2, 0) is 19.5 Å². The number of hydrogen-bond donors (Lipinski definition) is 1. The second-order valence-corrected chi connectivity index (χ2v) is 8.00. The van der Waals surface area contributed by atoms with Crippen LogP contribution >= 0.6 is 11.3 Å². The molecule has 0 aliphatic carbocycles. The third kappa shape index (κ3) is 4.12. The van der Waals surface area contributed by atoms with Crippen LogP contribution in [0.5, 0.6) is 0 Å². The van der Waals surface area contributed by atoms with Crippen LogP contribution in [0.3, 0.4) is 0 Å². The first kappa shape index (κ1) is 19.1. The number of rotatable bonds is 6. The Morgan fingerprint density at radius 3 is 2.38 bits per heavy atom. The van der Waals surface area contributed by atoms with Crippen LogP contribution in [0.25, 0.3) is 10.8 Å². The zero-order valence-corrected chi connectivity index (χ0v) is 16.9. The molecule has 0 aliphatic rings. The van der Waals surface area contributed by atoms with Crippen LogP contribution in [-0.4, -0.2) is 15.7 Å². The van der Waals surface area contributed by atoms with E-state index >= 15 is 0 Å². The molecule has 0 atom stereocenters. The molecule has 1 amide bonds. The number of carbonyl (C=O) groups excluding carboxylic acids is 1. The van der Waals surface area contributed by atoms with Gasteiger partial charge in [-0.05, 0) is 30.2 Å². The number of fused-ring (bicyclic) bond motifs is 1. The molecule has 6 heteroatoms. The van der Waals surface area contributed by atoms with Gasteiger partial charge in [0.1, 0.15) is 0 Å². The molecule has 146 valence electrons. The van der Waals surface area contributed by atoms with Crippen molar-refractivity contribution in [2.75, 3.05) is 0 Å². The lowest BCUT2D eigenvalue weighted by atomic mass is 10.1. The molecule has 0 spiro atoms. The van der Waals surface area contributed by atoms with Crippen molar-refractivity contribution >= 4 is 28.0 Å². The van der Waals surface area contributed by atoms with Crippen molar-refractivity contribution in [2.45, 2.75) is 26.4 Å². The highest BCUT2D eigenvalue weighted by atomic mass is 32.1. The number of aromatic nitrogens is 2. The summed E-state index contributed by atoms with van der Waals surface area (Å²) in [4.78, 5) is 28.2. The van der Waals surface area contributed by atoms with Gasteiger partial charge in [0.25, 0.3) is 11.5 Å². The highest BCUT2D eigenvalue weighted by Gasteiger charge is 2.17. The maximum absolute atomic E-state index is 12.9. The lowest BCUT2D eigenvalue weighted by Gasteiger charge is -2.11. The Kier molecular flexibility index (Phi) is 5.53. The van der Waals surface area contributed by atoms with Gasteiger partial charge in [0.05, 0.1) is 18.5 Å². The number of benzene rings is 2. The summed E-state index contributed by atoms with van der Waals surface area (Å²) in [5.74, 6) is -0.283. The molecule has 0 saturated heterocycles. The molecule has 5 nitrogen and oxygen atoms in total. The third-order valence-electron chi connectivity index (χ3n) is 4.75. The van der Waals surface area contributed by atoms with E-state index in [9.17, 15) is 9.59 Å². The normalized spacial score (nSPS) is 10.9. The van der Waals surface area contributed by atoms with Crippen LogP contribution < -0.4 is 10.9 Å². The van der Waals surface area contributed by atoms with E-state index in [-0.39, 0.29) is 17.2 Å². The summed E-state index contributed by atoms with van der Waals surface area (Å²) in [5.41, 5.74) is 1.02. The zero-order valence-electron chi connectivity index (χ0n) is 16.1. The van der Waals surface area contributed by atoms with Crippen molar-refractivity contribution in [3.05, 3.63) is 98.1 Å². The van der Waals surface area contributed by atoms with Gasteiger partial charge in [0.2, 0.25) is 0 Å². The average molecular weight is 404 g/mol. The van der Waals surface area contributed by atoms with Gasteiger partial charge in [0.15, 0.2) is 5.69 Å². The first-order valence-electron chi connectivity index (χ1n) is 9.55. The zero-order chi connectivity index (χ0) is 20.2. The smallest absolute Gasteiger partial charge is 0.274 e. The summed E-state index contributed by atoms with van der Waals surface area (Å²) in [6.07, 6.45) is 0.981. The Balaban J connectivity index is 1.67.